The fraction of sp³-hybridized carbons (Fsp3) is 0. The number of hydrogen-bond acceptors (Lipinski definition) is 1. The third-order valence-corrected chi connectivity index (χ3v) is 0.942. The fourth-order valence-corrected chi connectivity index (χ4v) is 0.512. The van der Waals surface area contributed by atoms with Gasteiger partial charge in [0.05, 0.1) is 0 Å². The largest absolute Gasteiger partial charge is 0.377 e. The van der Waals surface area contributed by atoms with Crippen LogP contribution in [0.1, 0.15) is 0 Å². The van der Waals surface area contributed by atoms with Crippen LogP contribution in [0.2, 0.25) is 0 Å². The molecule has 1 heterocycles. The first-order valence-corrected chi connectivity index (χ1v) is 2.54. The average Bonchev–Trinajstić information content (AvgIpc) is 1.90. The second-order valence-corrected chi connectivity index (χ2v) is 1.61. The van der Waals surface area contributed by atoms with Crippen molar-refractivity contribution in [1.82, 2.24) is 5.32 Å². The zero-order valence-electron chi connectivity index (χ0n) is 4.82. The summed E-state index contributed by atoms with van der Waals surface area (Å²) in [5.41, 5.74) is 0.373. The molecule has 1 aliphatic heterocycles. The van der Waals surface area contributed by atoms with E-state index >= 15 is 0 Å². The molecule has 0 saturated carbocycles. The summed E-state index contributed by atoms with van der Waals surface area (Å²) in [4.78, 5) is 0. The maximum atomic E-state index is 12.2. The highest BCUT2D eigenvalue weighted by Crippen LogP contribution is 2.12. The van der Waals surface area contributed by atoms with E-state index in [2.05, 4.69) is 18.4 Å². The van der Waals surface area contributed by atoms with Crippen molar-refractivity contribution in [2.75, 3.05) is 0 Å². The molecule has 46 valence electrons. The van der Waals surface area contributed by atoms with Crippen molar-refractivity contribution in [1.29, 1.82) is 0 Å². The fourth-order valence-electron chi connectivity index (χ4n) is 0.512. The van der Waals surface area contributed by atoms with Crippen molar-refractivity contribution in [2.45, 2.75) is 0 Å². The predicted molar refractivity (Wildman–Crippen MR) is 33.8 cm³/mol. The molecule has 1 rings (SSSR count). The Morgan fingerprint density at radius 1 is 1.78 bits per heavy atom. The summed E-state index contributed by atoms with van der Waals surface area (Å²) in [7, 11) is 0. The van der Waals surface area contributed by atoms with Gasteiger partial charge in [-0.2, -0.15) is 0 Å². The lowest BCUT2D eigenvalue weighted by molar-refractivity contribution is 0.653. The zero-order valence-corrected chi connectivity index (χ0v) is 4.82. The van der Waals surface area contributed by atoms with E-state index < -0.39 is 5.83 Å². The highest BCUT2D eigenvalue weighted by Gasteiger charge is 2.02. The van der Waals surface area contributed by atoms with Gasteiger partial charge in [-0.15, -0.1) is 0 Å². The minimum atomic E-state index is -0.466. The molecule has 0 unspecified atom stereocenters. The van der Waals surface area contributed by atoms with Gasteiger partial charge in [0, 0.05) is 5.57 Å². The molecule has 1 nitrogen and oxygen atoms in total. The summed E-state index contributed by atoms with van der Waals surface area (Å²) < 4.78 is 12.2. The molecule has 0 aromatic rings. The Kier molecular flexibility index (Phi) is 1.68. The van der Waals surface area contributed by atoms with Crippen LogP contribution in [-0.4, -0.2) is 0 Å². The lowest BCUT2D eigenvalue weighted by Crippen LogP contribution is -2.05. The molecule has 1 N–H and O–H groups in total. The van der Waals surface area contributed by atoms with E-state index in [-0.39, 0.29) is 0 Å². The second kappa shape index (κ2) is 2.49. The van der Waals surface area contributed by atoms with Gasteiger partial charge in [-0.3, -0.25) is 0 Å². The standard InChI is InChI=1S/C7H6FN/c1-6(8)7-3-2-4-9-5-7/h2-4,9H,1H2. The van der Waals surface area contributed by atoms with Crippen LogP contribution in [0.15, 0.2) is 36.3 Å². The number of nitrogens with one attached hydrogen (secondary N) is 1. The molecule has 0 aromatic heterocycles. The van der Waals surface area contributed by atoms with Crippen molar-refractivity contribution in [3.63, 3.8) is 0 Å². The molecular formula is C7H6FN. The third-order valence-electron chi connectivity index (χ3n) is 0.942. The number of rotatable bonds is 1. The number of halogens is 1. The monoisotopic (exact) mass is 123 g/mol. The molecule has 0 aromatic carbocycles. The van der Waals surface area contributed by atoms with Crippen molar-refractivity contribution < 1.29 is 4.39 Å². The minimum absolute atomic E-state index is 0.373. The lowest BCUT2D eigenvalue weighted by Gasteiger charge is -2.04. The molecule has 0 spiro atoms. The second-order valence-electron chi connectivity index (χ2n) is 1.61. The highest BCUT2D eigenvalue weighted by molar-refractivity contribution is 5.35. The molecule has 2 heteroatoms. The van der Waals surface area contributed by atoms with Gasteiger partial charge in [0.1, 0.15) is 12.4 Å². The number of dihydropyridines is 1. The maximum absolute atomic E-state index is 12.2. The minimum Gasteiger partial charge on any atom is -0.377 e. The van der Waals surface area contributed by atoms with Gasteiger partial charge < -0.3 is 5.32 Å². The van der Waals surface area contributed by atoms with E-state index in [1.54, 1.807) is 18.4 Å². The van der Waals surface area contributed by atoms with Crippen LogP contribution in [0.25, 0.3) is 0 Å². The molecular weight excluding hydrogens is 117 g/mol. The Morgan fingerprint density at radius 2 is 2.56 bits per heavy atom. The van der Waals surface area contributed by atoms with Gasteiger partial charge in [-0.25, -0.2) is 4.39 Å². The SMILES string of the molecule is C=C(F)C1=CC=CN[C]1. The van der Waals surface area contributed by atoms with Crippen molar-refractivity contribution in [3.8, 4) is 0 Å². The molecule has 0 saturated heterocycles. The first-order valence-electron chi connectivity index (χ1n) is 2.54. The van der Waals surface area contributed by atoms with Gasteiger partial charge in [-0.1, -0.05) is 12.7 Å². The molecule has 0 aliphatic carbocycles. The van der Waals surface area contributed by atoms with Gasteiger partial charge in [0.25, 0.3) is 0 Å². The van der Waals surface area contributed by atoms with E-state index in [1.165, 1.54) is 0 Å². The van der Waals surface area contributed by atoms with E-state index in [1.807, 2.05) is 0 Å². The zero-order chi connectivity index (χ0) is 6.69. The molecule has 9 heavy (non-hydrogen) atoms. The normalized spacial score (nSPS) is 16.3. The van der Waals surface area contributed by atoms with Crippen LogP contribution >= 0.6 is 0 Å². The number of hydrogen-bond donors (Lipinski definition) is 1. The summed E-state index contributed by atoms with van der Waals surface area (Å²) in [6, 6.07) is 0. The number of allylic oxidation sites excluding steroid dienone is 2. The Balaban J connectivity index is 2.68. The van der Waals surface area contributed by atoms with Gasteiger partial charge in [0.2, 0.25) is 0 Å². The third kappa shape index (κ3) is 1.42. The first-order chi connectivity index (χ1) is 4.30. The quantitative estimate of drug-likeness (QED) is 0.557. The van der Waals surface area contributed by atoms with Crippen LogP contribution in [0.4, 0.5) is 4.39 Å². The van der Waals surface area contributed by atoms with Gasteiger partial charge in [-0.05, 0) is 12.3 Å². The van der Waals surface area contributed by atoms with Gasteiger partial charge in [0.15, 0.2) is 0 Å². The summed E-state index contributed by atoms with van der Waals surface area (Å²) >= 11 is 0. The van der Waals surface area contributed by atoms with Crippen molar-refractivity contribution in [3.05, 3.63) is 42.9 Å². The Hall–Kier alpha value is -1.05. The summed E-state index contributed by atoms with van der Waals surface area (Å²) in [5.74, 6) is -0.466. The molecule has 0 bridgehead atoms. The molecule has 2 radical (unpaired) electrons. The van der Waals surface area contributed by atoms with Crippen LogP contribution in [-0.2, 0) is 0 Å². The Labute approximate surface area is 53.6 Å². The van der Waals surface area contributed by atoms with Gasteiger partial charge >= 0.3 is 0 Å². The van der Waals surface area contributed by atoms with E-state index in [4.69, 9.17) is 0 Å². The van der Waals surface area contributed by atoms with E-state index in [0.717, 1.165) is 0 Å². The predicted octanol–water partition coefficient (Wildman–Crippen LogP) is 1.55. The van der Waals surface area contributed by atoms with Crippen LogP contribution < -0.4 is 5.32 Å². The van der Waals surface area contributed by atoms with Crippen LogP contribution in [0.5, 0.6) is 0 Å². The Morgan fingerprint density at radius 3 is 2.89 bits per heavy atom. The smallest absolute Gasteiger partial charge is 0.126 e. The molecule has 1 aliphatic rings. The summed E-state index contributed by atoms with van der Waals surface area (Å²) in [6.45, 7) is 5.68. The van der Waals surface area contributed by atoms with E-state index in [9.17, 15) is 4.39 Å². The van der Waals surface area contributed by atoms with Crippen molar-refractivity contribution in [2.24, 2.45) is 0 Å². The van der Waals surface area contributed by atoms with Crippen molar-refractivity contribution >= 4 is 0 Å². The summed E-state index contributed by atoms with van der Waals surface area (Å²) in [5, 5.41) is 2.62. The van der Waals surface area contributed by atoms with E-state index in [0.29, 0.717) is 5.57 Å². The first kappa shape index (κ1) is 6.08. The van der Waals surface area contributed by atoms with Crippen LogP contribution in [0.3, 0.4) is 0 Å². The topological polar surface area (TPSA) is 12.0 Å². The summed E-state index contributed by atoms with van der Waals surface area (Å²) in [6.07, 6.45) is 4.95. The lowest BCUT2D eigenvalue weighted by atomic mass is 10.2. The maximum Gasteiger partial charge on any atom is 0.126 e. The molecule has 0 fully saturated rings. The Bertz CT molecular complexity index is 179. The molecule has 0 amide bonds. The highest BCUT2D eigenvalue weighted by atomic mass is 19.1. The average molecular weight is 123 g/mol. The molecule has 0 atom stereocenters. The van der Waals surface area contributed by atoms with Crippen LogP contribution in [0, 0.1) is 6.54 Å².